The van der Waals surface area contributed by atoms with Crippen LogP contribution in [0.4, 0.5) is 0 Å². The van der Waals surface area contributed by atoms with Crippen LogP contribution in [0.1, 0.15) is 15.9 Å². The largest absolute Gasteiger partial charge is 0.340 e. The predicted molar refractivity (Wildman–Crippen MR) is 90.2 cm³/mol. The lowest BCUT2D eigenvalue weighted by Gasteiger charge is -2.29. The highest BCUT2D eigenvalue weighted by molar-refractivity contribution is 14.1. The number of hydrogen-bond donors (Lipinski definition) is 1. The minimum atomic E-state index is 0.119. The summed E-state index contributed by atoms with van der Waals surface area (Å²) in [4.78, 5) is 16.7. The number of halogens is 1. The molecule has 1 aromatic carbocycles. The molecule has 0 saturated carbocycles. The van der Waals surface area contributed by atoms with Crippen LogP contribution in [0.3, 0.4) is 0 Å². The molecule has 2 rings (SSSR count). The van der Waals surface area contributed by atoms with Crippen LogP contribution in [0.25, 0.3) is 0 Å². The van der Waals surface area contributed by atoms with Gasteiger partial charge in [0.05, 0.1) is 5.56 Å². The Balaban J connectivity index is 1.92. The number of benzene rings is 1. The summed E-state index contributed by atoms with van der Waals surface area (Å²) in [6.45, 7) is 8.02. The monoisotopic (exact) mass is 387 g/mol. The maximum atomic E-state index is 12.5. The fraction of sp³-hybridized carbons (Fsp3) is 0.533. The molecule has 1 aromatic rings. The van der Waals surface area contributed by atoms with Crippen molar-refractivity contribution in [2.24, 2.45) is 0 Å². The highest BCUT2D eigenvalue weighted by atomic mass is 127. The van der Waals surface area contributed by atoms with E-state index in [1.165, 1.54) is 0 Å². The number of piperazine rings is 1. The highest BCUT2D eigenvalue weighted by Gasteiger charge is 2.17. The molecule has 0 radical (unpaired) electrons. The molecule has 1 fully saturated rings. The number of carbonyl (C=O) groups excluding carboxylic acids is 1. The van der Waals surface area contributed by atoms with Crippen molar-refractivity contribution in [1.82, 2.24) is 15.1 Å². The lowest BCUT2D eigenvalue weighted by Crippen LogP contribution is -2.46. The van der Waals surface area contributed by atoms with Crippen molar-refractivity contribution in [3.8, 4) is 0 Å². The Kier molecular flexibility index (Phi) is 5.80. The van der Waals surface area contributed by atoms with Gasteiger partial charge in [-0.3, -0.25) is 9.69 Å². The maximum Gasteiger partial charge on any atom is 0.254 e. The van der Waals surface area contributed by atoms with Crippen LogP contribution in [0.2, 0.25) is 0 Å². The van der Waals surface area contributed by atoms with Gasteiger partial charge in [0.2, 0.25) is 0 Å². The van der Waals surface area contributed by atoms with Gasteiger partial charge >= 0.3 is 0 Å². The maximum absolute atomic E-state index is 12.5. The van der Waals surface area contributed by atoms with Crippen LogP contribution >= 0.6 is 22.6 Å². The zero-order chi connectivity index (χ0) is 14.5. The van der Waals surface area contributed by atoms with Gasteiger partial charge in [0, 0.05) is 49.9 Å². The lowest BCUT2D eigenvalue weighted by atomic mass is 10.1. The van der Waals surface area contributed by atoms with Gasteiger partial charge < -0.3 is 10.2 Å². The molecule has 5 heteroatoms. The molecule has 0 unspecified atom stereocenters. The van der Waals surface area contributed by atoms with Gasteiger partial charge in [-0.1, -0.05) is 12.1 Å². The molecule has 0 aromatic heterocycles. The molecule has 0 atom stereocenters. The topological polar surface area (TPSA) is 35.6 Å². The average Bonchev–Trinajstić information content (AvgIpc) is 2.48. The number of hydrogen-bond acceptors (Lipinski definition) is 3. The number of amides is 1. The Hall–Kier alpha value is -0.660. The first-order chi connectivity index (χ1) is 9.59. The molecule has 0 spiro atoms. The van der Waals surface area contributed by atoms with Gasteiger partial charge in [-0.2, -0.15) is 0 Å². The molecule has 0 bridgehead atoms. The number of nitrogens with zero attached hydrogens (tertiary/aromatic N) is 2. The van der Waals surface area contributed by atoms with E-state index in [4.69, 9.17) is 0 Å². The second-order valence-electron chi connectivity index (χ2n) is 5.25. The molecule has 1 aliphatic rings. The first-order valence-corrected chi connectivity index (χ1v) is 8.11. The summed E-state index contributed by atoms with van der Waals surface area (Å²) in [7, 11) is 1.89. The first kappa shape index (κ1) is 15.7. The third-order valence-electron chi connectivity index (χ3n) is 3.73. The van der Waals surface area contributed by atoms with Crippen LogP contribution in [-0.2, 0) is 0 Å². The average molecular weight is 387 g/mol. The Morgan fingerprint density at radius 3 is 2.80 bits per heavy atom. The lowest BCUT2D eigenvalue weighted by molar-refractivity contribution is 0.0773. The van der Waals surface area contributed by atoms with Crippen LogP contribution in [-0.4, -0.2) is 62.0 Å². The van der Waals surface area contributed by atoms with E-state index in [0.717, 1.165) is 54.0 Å². The SMILES string of the molecule is Cc1cccc(C(=O)N(C)CCN2CCNCC2)c1I. The van der Waals surface area contributed by atoms with Crippen LogP contribution in [0.5, 0.6) is 0 Å². The molecule has 1 aliphatic heterocycles. The third kappa shape index (κ3) is 3.93. The van der Waals surface area contributed by atoms with Crippen molar-refractivity contribution in [1.29, 1.82) is 0 Å². The van der Waals surface area contributed by atoms with Crippen molar-refractivity contribution in [3.63, 3.8) is 0 Å². The summed E-state index contributed by atoms with van der Waals surface area (Å²) in [5, 5.41) is 3.34. The van der Waals surface area contributed by atoms with E-state index < -0.39 is 0 Å². The zero-order valence-electron chi connectivity index (χ0n) is 12.2. The highest BCUT2D eigenvalue weighted by Crippen LogP contribution is 2.18. The van der Waals surface area contributed by atoms with Crippen molar-refractivity contribution in [3.05, 3.63) is 32.9 Å². The van der Waals surface area contributed by atoms with Crippen LogP contribution in [0.15, 0.2) is 18.2 Å². The molecule has 20 heavy (non-hydrogen) atoms. The van der Waals surface area contributed by atoms with Crippen molar-refractivity contribution in [2.75, 3.05) is 46.3 Å². The Morgan fingerprint density at radius 1 is 1.40 bits per heavy atom. The molecule has 1 amide bonds. The summed E-state index contributed by atoms with van der Waals surface area (Å²) in [5.41, 5.74) is 1.97. The Labute approximate surface area is 134 Å². The van der Waals surface area contributed by atoms with Crippen LogP contribution in [0, 0.1) is 10.5 Å². The number of nitrogens with one attached hydrogen (secondary N) is 1. The first-order valence-electron chi connectivity index (χ1n) is 7.03. The minimum Gasteiger partial charge on any atom is -0.340 e. The quantitative estimate of drug-likeness (QED) is 0.797. The van der Waals surface area contributed by atoms with Gasteiger partial charge in [0.1, 0.15) is 0 Å². The molecule has 1 heterocycles. The Morgan fingerprint density at radius 2 is 2.10 bits per heavy atom. The van der Waals surface area contributed by atoms with E-state index in [9.17, 15) is 4.79 Å². The summed E-state index contributed by atoms with van der Waals surface area (Å²) in [6, 6.07) is 5.91. The summed E-state index contributed by atoms with van der Waals surface area (Å²) < 4.78 is 1.06. The predicted octanol–water partition coefficient (Wildman–Crippen LogP) is 1.58. The second-order valence-corrected chi connectivity index (χ2v) is 6.33. The van der Waals surface area contributed by atoms with Crippen LogP contribution < -0.4 is 5.32 Å². The number of aryl methyl sites for hydroxylation is 1. The molecule has 0 aliphatic carbocycles. The zero-order valence-corrected chi connectivity index (χ0v) is 14.3. The standard InChI is InChI=1S/C15H22IN3O/c1-12-4-3-5-13(14(12)16)15(20)18(2)10-11-19-8-6-17-7-9-19/h3-5,17H,6-11H2,1-2H3. The molecular weight excluding hydrogens is 365 g/mol. The number of likely N-dealkylation sites (N-methyl/N-ethyl adjacent to an activating group) is 1. The second kappa shape index (κ2) is 7.38. The van der Waals surface area contributed by atoms with Gasteiger partial charge in [-0.15, -0.1) is 0 Å². The molecule has 4 nitrogen and oxygen atoms in total. The number of rotatable bonds is 4. The van der Waals surface area contributed by atoms with E-state index in [-0.39, 0.29) is 5.91 Å². The van der Waals surface area contributed by atoms with Gasteiger partial charge in [0.15, 0.2) is 0 Å². The van der Waals surface area contributed by atoms with E-state index in [2.05, 4.69) is 32.8 Å². The van der Waals surface area contributed by atoms with Crippen molar-refractivity contribution < 1.29 is 4.79 Å². The Bertz CT molecular complexity index is 472. The normalized spacial score (nSPS) is 16.1. The van der Waals surface area contributed by atoms with Crippen molar-refractivity contribution >= 4 is 28.5 Å². The van der Waals surface area contributed by atoms with Gasteiger partial charge in [-0.05, 0) is 41.1 Å². The molecule has 1 saturated heterocycles. The van der Waals surface area contributed by atoms with E-state index >= 15 is 0 Å². The molecule has 1 N–H and O–H groups in total. The summed E-state index contributed by atoms with van der Waals surface area (Å²) >= 11 is 2.26. The summed E-state index contributed by atoms with van der Waals surface area (Å²) in [6.07, 6.45) is 0. The fourth-order valence-corrected chi connectivity index (χ4v) is 2.94. The van der Waals surface area contributed by atoms with E-state index in [1.807, 2.05) is 37.1 Å². The smallest absolute Gasteiger partial charge is 0.254 e. The van der Waals surface area contributed by atoms with Gasteiger partial charge in [-0.25, -0.2) is 0 Å². The van der Waals surface area contributed by atoms with E-state index in [0.29, 0.717) is 0 Å². The summed E-state index contributed by atoms with van der Waals surface area (Å²) in [5.74, 6) is 0.119. The molecular formula is C15H22IN3O. The minimum absolute atomic E-state index is 0.119. The molecule has 110 valence electrons. The number of carbonyl (C=O) groups is 1. The van der Waals surface area contributed by atoms with Gasteiger partial charge in [0.25, 0.3) is 5.91 Å². The van der Waals surface area contributed by atoms with E-state index in [1.54, 1.807) is 0 Å². The fourth-order valence-electron chi connectivity index (χ4n) is 2.35. The van der Waals surface area contributed by atoms with Crippen molar-refractivity contribution in [2.45, 2.75) is 6.92 Å². The third-order valence-corrected chi connectivity index (χ3v) is 5.16.